The maximum absolute atomic E-state index is 5.26. The lowest BCUT2D eigenvalue weighted by Gasteiger charge is -2.20. The van der Waals surface area contributed by atoms with Crippen molar-refractivity contribution >= 4 is 10.8 Å². The minimum absolute atomic E-state index is 0.703. The fourth-order valence-corrected chi connectivity index (χ4v) is 10.3. The second-order valence-electron chi connectivity index (χ2n) is 18.5. The first-order chi connectivity index (χ1) is 35.7. The Labute approximate surface area is 422 Å². The summed E-state index contributed by atoms with van der Waals surface area (Å²) in [5, 5.41) is 2.30. The van der Waals surface area contributed by atoms with Crippen LogP contribution in [0, 0.1) is 0 Å². The molecule has 0 aliphatic rings. The Bertz CT molecular complexity index is 3770. The molecular formula is C70H50N2. The number of hydrogen-bond donors (Lipinski definition) is 0. The van der Waals surface area contributed by atoms with Gasteiger partial charge in [0.2, 0.25) is 0 Å². The van der Waals surface area contributed by atoms with E-state index in [2.05, 4.69) is 255 Å². The molecule has 0 N–H and O–H groups in total. The van der Waals surface area contributed by atoms with Crippen LogP contribution < -0.4 is 0 Å². The molecule has 0 bridgehead atoms. The van der Waals surface area contributed by atoms with E-state index in [1.165, 1.54) is 50.1 Å². The maximum atomic E-state index is 5.26. The fraction of sp³-hybridized carbons (Fsp3) is 0.0286. The minimum Gasteiger partial charge on any atom is -0.228 e. The third-order valence-corrected chi connectivity index (χ3v) is 13.8. The van der Waals surface area contributed by atoms with Crippen molar-refractivity contribution < 1.29 is 0 Å². The number of fused-ring (bicyclic) bond motifs is 1. The van der Waals surface area contributed by atoms with Crippen molar-refractivity contribution in [1.29, 1.82) is 0 Å². The molecule has 2 nitrogen and oxygen atoms in total. The molecular weight excluding hydrogens is 869 g/mol. The molecule has 0 unspecified atom stereocenters. The number of aromatic nitrogens is 2. The average molecular weight is 919 g/mol. The van der Waals surface area contributed by atoms with Gasteiger partial charge in [-0.05, 0) is 132 Å². The van der Waals surface area contributed by atoms with Crippen LogP contribution in [0.5, 0.6) is 0 Å². The fourth-order valence-electron chi connectivity index (χ4n) is 10.3. The number of hydrogen-bond acceptors (Lipinski definition) is 2. The molecule has 0 aliphatic heterocycles. The lowest BCUT2D eigenvalue weighted by Crippen LogP contribution is -1.99. The van der Waals surface area contributed by atoms with E-state index >= 15 is 0 Å². The summed E-state index contributed by atoms with van der Waals surface area (Å²) in [5.41, 5.74) is 22.0. The molecule has 72 heavy (non-hydrogen) atoms. The summed E-state index contributed by atoms with van der Waals surface area (Å²) in [4.78, 5) is 10.4. The zero-order valence-corrected chi connectivity index (χ0v) is 39.9. The molecule has 1 heterocycles. The van der Waals surface area contributed by atoms with Gasteiger partial charge in [0.1, 0.15) is 0 Å². The molecule has 340 valence electrons. The zero-order valence-electron chi connectivity index (χ0n) is 39.9. The SMILES string of the molecule is c1ccc(Cc2ccccc2-c2c(Cc3ccccc3)cccc2-c2cccc(-c3cc(-c4ccccc4)cc(-c4ccc(-c5cc(-c6ccccc6)nc(-c6ccccc6)n5)c5ccccc45)c3)c2)cc1. The monoisotopic (exact) mass is 918 g/mol. The highest BCUT2D eigenvalue weighted by molar-refractivity contribution is 6.05. The number of benzene rings is 11. The van der Waals surface area contributed by atoms with E-state index in [1.807, 2.05) is 24.3 Å². The summed E-state index contributed by atoms with van der Waals surface area (Å²) in [6, 6.07) is 101. The van der Waals surface area contributed by atoms with Crippen LogP contribution in [0.1, 0.15) is 22.3 Å². The number of rotatable bonds is 12. The Morgan fingerprint density at radius 2 is 0.681 bits per heavy atom. The highest BCUT2D eigenvalue weighted by atomic mass is 14.9. The van der Waals surface area contributed by atoms with E-state index in [4.69, 9.17) is 9.97 Å². The van der Waals surface area contributed by atoms with Gasteiger partial charge in [0, 0.05) is 16.7 Å². The van der Waals surface area contributed by atoms with Crippen LogP contribution in [0.3, 0.4) is 0 Å². The van der Waals surface area contributed by atoms with Gasteiger partial charge >= 0.3 is 0 Å². The normalized spacial score (nSPS) is 11.2. The first-order valence-corrected chi connectivity index (χ1v) is 24.8. The molecule has 0 spiro atoms. The smallest absolute Gasteiger partial charge is 0.160 e. The maximum Gasteiger partial charge on any atom is 0.160 e. The van der Waals surface area contributed by atoms with Crippen LogP contribution in [0.15, 0.2) is 279 Å². The molecule has 0 fully saturated rings. The summed E-state index contributed by atoms with van der Waals surface area (Å²) in [6.07, 6.45) is 1.68. The van der Waals surface area contributed by atoms with Gasteiger partial charge in [0.15, 0.2) is 5.82 Å². The van der Waals surface area contributed by atoms with Crippen molar-refractivity contribution in [3.8, 4) is 89.5 Å². The van der Waals surface area contributed by atoms with Crippen LogP contribution in [0.4, 0.5) is 0 Å². The van der Waals surface area contributed by atoms with Gasteiger partial charge in [-0.15, -0.1) is 0 Å². The van der Waals surface area contributed by atoms with E-state index in [0.29, 0.717) is 5.82 Å². The average Bonchev–Trinajstić information content (AvgIpc) is 3.46. The van der Waals surface area contributed by atoms with E-state index in [-0.39, 0.29) is 0 Å². The predicted octanol–water partition coefficient (Wildman–Crippen LogP) is 18.1. The molecule has 0 amide bonds. The van der Waals surface area contributed by atoms with Crippen molar-refractivity contribution in [2.45, 2.75) is 12.8 Å². The van der Waals surface area contributed by atoms with Crippen LogP contribution in [-0.4, -0.2) is 9.97 Å². The highest BCUT2D eigenvalue weighted by Gasteiger charge is 2.19. The minimum atomic E-state index is 0.703. The number of nitrogens with zero attached hydrogens (tertiary/aromatic N) is 2. The highest BCUT2D eigenvalue weighted by Crippen LogP contribution is 2.43. The van der Waals surface area contributed by atoms with Crippen molar-refractivity contribution in [3.63, 3.8) is 0 Å². The van der Waals surface area contributed by atoms with Crippen LogP contribution >= 0.6 is 0 Å². The molecule has 0 radical (unpaired) electrons. The largest absolute Gasteiger partial charge is 0.228 e. The van der Waals surface area contributed by atoms with Gasteiger partial charge < -0.3 is 0 Å². The summed E-state index contributed by atoms with van der Waals surface area (Å²) >= 11 is 0. The third kappa shape index (κ3) is 9.18. The quantitative estimate of drug-likeness (QED) is 0.122. The Kier molecular flexibility index (Phi) is 12.2. The Morgan fingerprint density at radius 1 is 0.236 bits per heavy atom. The summed E-state index contributed by atoms with van der Waals surface area (Å²) in [7, 11) is 0. The lowest BCUT2D eigenvalue weighted by atomic mass is 9.84. The van der Waals surface area contributed by atoms with Crippen molar-refractivity contribution in [3.05, 3.63) is 301 Å². The lowest BCUT2D eigenvalue weighted by molar-refractivity contribution is 1.17. The van der Waals surface area contributed by atoms with Gasteiger partial charge in [-0.2, -0.15) is 0 Å². The molecule has 12 aromatic rings. The molecule has 2 heteroatoms. The molecule has 0 saturated carbocycles. The van der Waals surface area contributed by atoms with Gasteiger partial charge in [0.05, 0.1) is 11.4 Å². The van der Waals surface area contributed by atoms with Crippen molar-refractivity contribution in [1.82, 2.24) is 9.97 Å². The molecule has 0 aliphatic carbocycles. The molecule has 0 atom stereocenters. The molecule has 0 saturated heterocycles. The molecule has 12 rings (SSSR count). The summed E-state index contributed by atoms with van der Waals surface area (Å²) in [6.45, 7) is 0. The zero-order chi connectivity index (χ0) is 48.1. The Morgan fingerprint density at radius 3 is 1.38 bits per heavy atom. The topological polar surface area (TPSA) is 25.8 Å². The predicted molar refractivity (Wildman–Crippen MR) is 302 cm³/mol. The van der Waals surface area contributed by atoms with Crippen molar-refractivity contribution in [2.75, 3.05) is 0 Å². The first-order valence-electron chi connectivity index (χ1n) is 24.8. The van der Waals surface area contributed by atoms with Gasteiger partial charge in [-0.25, -0.2) is 9.97 Å². The van der Waals surface area contributed by atoms with E-state index in [9.17, 15) is 0 Å². The third-order valence-electron chi connectivity index (χ3n) is 13.8. The first kappa shape index (κ1) is 44.0. The van der Waals surface area contributed by atoms with Gasteiger partial charge in [-0.3, -0.25) is 0 Å². The summed E-state index contributed by atoms with van der Waals surface area (Å²) in [5.74, 6) is 0.703. The standard InChI is InChI=1S/C70H50N2/c1-6-22-49(23-7-1)42-55-32-16-17-36-62(55)69-57(43-50-24-8-2-9-25-50)35-21-39-63(69)56-34-20-33-54(44-56)59-45-58(51-26-10-3-11-27-51)46-60(47-59)61-40-41-66(65-38-19-18-37-64(61)65)68-48-67(52-28-12-4-13-29-52)71-70(72-68)53-30-14-5-15-31-53/h1-41,44-48H,42-43H2. The summed E-state index contributed by atoms with van der Waals surface area (Å²) < 4.78 is 0. The van der Waals surface area contributed by atoms with Crippen molar-refractivity contribution in [2.24, 2.45) is 0 Å². The van der Waals surface area contributed by atoms with Crippen LogP contribution in [0.2, 0.25) is 0 Å². The van der Waals surface area contributed by atoms with E-state index in [0.717, 1.165) is 79.5 Å². The van der Waals surface area contributed by atoms with Gasteiger partial charge in [0.25, 0.3) is 0 Å². The van der Waals surface area contributed by atoms with Crippen LogP contribution in [0.25, 0.3) is 100 Å². The van der Waals surface area contributed by atoms with E-state index < -0.39 is 0 Å². The molecule has 11 aromatic carbocycles. The molecule has 1 aromatic heterocycles. The second-order valence-corrected chi connectivity index (χ2v) is 18.5. The Balaban J connectivity index is 1.00. The Hall–Kier alpha value is -9.24. The second kappa shape index (κ2) is 20.0. The van der Waals surface area contributed by atoms with E-state index in [1.54, 1.807) is 0 Å². The van der Waals surface area contributed by atoms with Crippen LogP contribution in [-0.2, 0) is 12.8 Å². The van der Waals surface area contributed by atoms with Gasteiger partial charge in [-0.1, -0.05) is 249 Å².